The van der Waals surface area contributed by atoms with Crippen molar-refractivity contribution in [2.75, 3.05) is 6.61 Å². The second kappa shape index (κ2) is 6.04. The van der Waals surface area contributed by atoms with Crippen LogP contribution in [-0.2, 0) is 9.53 Å². The van der Waals surface area contributed by atoms with Gasteiger partial charge in [0.1, 0.15) is 11.9 Å². The first-order chi connectivity index (χ1) is 9.79. The summed E-state index contributed by atoms with van der Waals surface area (Å²) in [6.07, 6.45) is 6.91. The van der Waals surface area contributed by atoms with Gasteiger partial charge in [0.15, 0.2) is 0 Å². The summed E-state index contributed by atoms with van der Waals surface area (Å²) < 4.78 is 11.1. The Hall–Kier alpha value is -1.23. The van der Waals surface area contributed by atoms with Crippen LogP contribution in [0.2, 0.25) is 0 Å². The van der Waals surface area contributed by atoms with Gasteiger partial charge < -0.3 is 9.26 Å². The minimum absolute atomic E-state index is 0.0571. The summed E-state index contributed by atoms with van der Waals surface area (Å²) in [4.78, 5) is 16.6. The van der Waals surface area contributed by atoms with Gasteiger partial charge in [0.25, 0.3) is 0 Å². The lowest BCUT2D eigenvalue weighted by Gasteiger charge is -2.11. The monoisotopic (exact) mass is 278 g/mol. The largest absolute Gasteiger partial charge is 0.370 e. The third-order valence-corrected chi connectivity index (χ3v) is 4.21. The highest BCUT2D eigenvalue weighted by Gasteiger charge is 2.37. The van der Waals surface area contributed by atoms with Crippen molar-refractivity contribution in [3.8, 4) is 0 Å². The van der Waals surface area contributed by atoms with Gasteiger partial charge in [0.05, 0.1) is 5.92 Å². The lowest BCUT2D eigenvalue weighted by Crippen LogP contribution is -2.12. The molecule has 20 heavy (non-hydrogen) atoms. The van der Waals surface area contributed by atoms with Crippen molar-refractivity contribution in [2.24, 2.45) is 5.92 Å². The SMILES string of the molecule is CCOC(c1noc(C2CCCCCC2=O)n1)C1CC1. The van der Waals surface area contributed by atoms with Crippen LogP contribution in [0.15, 0.2) is 4.52 Å². The molecule has 2 aliphatic carbocycles. The molecule has 0 N–H and O–H groups in total. The summed E-state index contributed by atoms with van der Waals surface area (Å²) in [5.41, 5.74) is 0. The highest BCUT2D eigenvalue weighted by Crippen LogP contribution is 2.42. The first-order valence-electron chi connectivity index (χ1n) is 7.77. The first-order valence-corrected chi connectivity index (χ1v) is 7.77. The summed E-state index contributed by atoms with van der Waals surface area (Å²) in [6, 6.07) is 0. The van der Waals surface area contributed by atoms with Crippen molar-refractivity contribution in [1.29, 1.82) is 0 Å². The van der Waals surface area contributed by atoms with Crippen molar-refractivity contribution in [3.05, 3.63) is 11.7 Å². The predicted molar refractivity (Wildman–Crippen MR) is 72.2 cm³/mol. The lowest BCUT2D eigenvalue weighted by molar-refractivity contribution is -0.120. The van der Waals surface area contributed by atoms with Gasteiger partial charge in [-0.1, -0.05) is 18.0 Å². The minimum atomic E-state index is -0.194. The van der Waals surface area contributed by atoms with Crippen LogP contribution >= 0.6 is 0 Å². The maximum absolute atomic E-state index is 12.1. The highest BCUT2D eigenvalue weighted by molar-refractivity contribution is 5.84. The van der Waals surface area contributed by atoms with E-state index in [1.807, 2.05) is 6.92 Å². The Balaban J connectivity index is 1.76. The highest BCUT2D eigenvalue weighted by atomic mass is 16.5. The Labute approximate surface area is 119 Å². The van der Waals surface area contributed by atoms with Gasteiger partial charge in [-0.2, -0.15) is 4.98 Å². The van der Waals surface area contributed by atoms with Crippen molar-refractivity contribution in [3.63, 3.8) is 0 Å². The molecule has 3 rings (SSSR count). The van der Waals surface area contributed by atoms with E-state index >= 15 is 0 Å². The zero-order chi connectivity index (χ0) is 13.9. The average molecular weight is 278 g/mol. The molecule has 0 spiro atoms. The maximum Gasteiger partial charge on any atom is 0.237 e. The van der Waals surface area contributed by atoms with Crippen LogP contribution in [0.5, 0.6) is 0 Å². The molecule has 0 amide bonds. The molecule has 5 heteroatoms. The molecule has 0 radical (unpaired) electrons. The number of ketones is 1. The summed E-state index contributed by atoms with van der Waals surface area (Å²) in [5.74, 6) is 1.70. The number of ether oxygens (including phenoxy) is 1. The predicted octanol–water partition coefficient (Wildman–Crippen LogP) is 3.17. The van der Waals surface area contributed by atoms with E-state index in [0.717, 1.165) is 38.5 Å². The summed E-state index contributed by atoms with van der Waals surface area (Å²) in [5, 5.41) is 4.07. The number of Topliss-reactive ketones (excluding diaryl/α,β-unsaturated/α-hetero) is 1. The number of aromatic nitrogens is 2. The van der Waals surface area contributed by atoms with Gasteiger partial charge in [0, 0.05) is 13.0 Å². The number of hydrogen-bond acceptors (Lipinski definition) is 5. The van der Waals surface area contributed by atoms with Crippen molar-refractivity contribution >= 4 is 5.78 Å². The van der Waals surface area contributed by atoms with E-state index in [9.17, 15) is 4.79 Å². The molecule has 2 aliphatic rings. The zero-order valence-corrected chi connectivity index (χ0v) is 12.0. The van der Waals surface area contributed by atoms with Crippen molar-refractivity contribution < 1.29 is 14.1 Å². The Morgan fingerprint density at radius 2 is 2.15 bits per heavy atom. The molecule has 1 heterocycles. The van der Waals surface area contributed by atoms with Gasteiger partial charge in [0.2, 0.25) is 11.7 Å². The zero-order valence-electron chi connectivity index (χ0n) is 12.0. The van der Waals surface area contributed by atoms with Crippen LogP contribution in [0.3, 0.4) is 0 Å². The van der Waals surface area contributed by atoms with E-state index in [2.05, 4.69) is 10.1 Å². The van der Waals surface area contributed by atoms with Gasteiger partial charge in [-0.05, 0) is 38.5 Å². The van der Waals surface area contributed by atoms with Crippen LogP contribution in [-0.4, -0.2) is 22.5 Å². The Morgan fingerprint density at radius 1 is 1.30 bits per heavy atom. The van der Waals surface area contributed by atoms with E-state index in [1.165, 1.54) is 0 Å². The van der Waals surface area contributed by atoms with Crippen LogP contribution < -0.4 is 0 Å². The van der Waals surface area contributed by atoms with Crippen LogP contribution in [0.1, 0.15) is 75.6 Å². The number of carbonyl (C=O) groups excluding carboxylic acids is 1. The van der Waals surface area contributed by atoms with Crippen molar-refractivity contribution in [1.82, 2.24) is 10.1 Å². The molecule has 2 saturated carbocycles. The van der Waals surface area contributed by atoms with Crippen LogP contribution in [0.25, 0.3) is 0 Å². The second-order valence-corrected chi connectivity index (χ2v) is 5.82. The maximum atomic E-state index is 12.1. The number of rotatable bonds is 5. The third kappa shape index (κ3) is 2.92. The van der Waals surface area contributed by atoms with E-state index < -0.39 is 0 Å². The fourth-order valence-corrected chi connectivity index (χ4v) is 2.93. The number of nitrogens with zero attached hydrogens (tertiary/aromatic N) is 2. The van der Waals surface area contributed by atoms with Gasteiger partial charge in [-0.3, -0.25) is 4.79 Å². The van der Waals surface area contributed by atoms with Crippen LogP contribution in [0.4, 0.5) is 0 Å². The molecule has 110 valence electrons. The summed E-state index contributed by atoms with van der Waals surface area (Å²) in [7, 11) is 0. The average Bonchev–Trinajstić information content (AvgIpc) is 3.21. The standard InChI is InChI=1S/C15H22N2O3/c1-2-19-13(10-8-9-10)14-16-15(20-17-14)11-6-4-3-5-7-12(11)18/h10-11,13H,2-9H2,1H3. The molecule has 0 bridgehead atoms. The summed E-state index contributed by atoms with van der Waals surface area (Å²) in [6.45, 7) is 2.62. The second-order valence-electron chi connectivity index (χ2n) is 5.82. The number of hydrogen-bond donors (Lipinski definition) is 0. The fraction of sp³-hybridized carbons (Fsp3) is 0.800. The topological polar surface area (TPSA) is 65.2 Å². The van der Waals surface area contributed by atoms with E-state index in [4.69, 9.17) is 9.26 Å². The molecule has 2 atom stereocenters. The molecular weight excluding hydrogens is 256 g/mol. The lowest BCUT2D eigenvalue weighted by atomic mass is 9.99. The molecule has 1 aromatic rings. The Bertz CT molecular complexity index is 467. The normalized spacial score (nSPS) is 25.4. The van der Waals surface area contributed by atoms with E-state index in [1.54, 1.807) is 0 Å². The fourth-order valence-electron chi connectivity index (χ4n) is 2.93. The van der Waals surface area contributed by atoms with E-state index in [0.29, 0.717) is 30.7 Å². The van der Waals surface area contributed by atoms with Crippen LogP contribution in [0, 0.1) is 5.92 Å². The summed E-state index contributed by atoms with van der Waals surface area (Å²) >= 11 is 0. The quantitative estimate of drug-likeness (QED) is 0.774. The van der Waals surface area contributed by atoms with Crippen molar-refractivity contribution in [2.45, 2.75) is 63.9 Å². The Kier molecular flexibility index (Phi) is 4.15. The molecule has 0 saturated heterocycles. The Morgan fingerprint density at radius 3 is 2.90 bits per heavy atom. The molecule has 0 aliphatic heterocycles. The third-order valence-electron chi connectivity index (χ3n) is 4.21. The minimum Gasteiger partial charge on any atom is -0.370 e. The molecule has 5 nitrogen and oxygen atoms in total. The smallest absolute Gasteiger partial charge is 0.237 e. The van der Waals surface area contributed by atoms with Gasteiger partial charge in [-0.25, -0.2) is 0 Å². The van der Waals surface area contributed by atoms with Gasteiger partial charge >= 0.3 is 0 Å². The van der Waals surface area contributed by atoms with E-state index in [-0.39, 0.29) is 17.8 Å². The molecular formula is C15H22N2O3. The first kappa shape index (κ1) is 13.7. The molecule has 0 aromatic carbocycles. The number of carbonyl (C=O) groups is 1. The van der Waals surface area contributed by atoms with Gasteiger partial charge in [-0.15, -0.1) is 0 Å². The molecule has 2 fully saturated rings. The molecule has 1 aromatic heterocycles. The molecule has 2 unspecified atom stereocenters.